The second-order valence-electron chi connectivity index (χ2n) is 4.77. The fraction of sp³-hybridized carbons (Fsp3) is 0.857. The van der Waals surface area contributed by atoms with Crippen LogP contribution in [-0.4, -0.2) is 13.1 Å². The Balaban J connectivity index is 2.36. The van der Waals surface area contributed by atoms with Crippen molar-refractivity contribution in [1.82, 2.24) is 5.32 Å². The minimum atomic E-state index is 0.779. The zero-order chi connectivity index (χ0) is 10.9. The van der Waals surface area contributed by atoms with E-state index in [1.807, 2.05) is 0 Å². The lowest BCUT2D eigenvalue weighted by Gasteiger charge is -2.23. The van der Waals surface area contributed by atoms with Gasteiger partial charge >= 0.3 is 0 Å². The van der Waals surface area contributed by atoms with Gasteiger partial charge in [-0.25, -0.2) is 0 Å². The Kier molecular flexibility index (Phi) is 6.52. The van der Waals surface area contributed by atoms with Crippen LogP contribution in [0.25, 0.3) is 0 Å². The zero-order valence-corrected chi connectivity index (χ0v) is 10.1. The first-order valence-electron chi connectivity index (χ1n) is 6.52. The highest BCUT2D eigenvalue weighted by atomic mass is 14.9. The lowest BCUT2D eigenvalue weighted by Crippen LogP contribution is -2.28. The number of hydrogen-bond acceptors (Lipinski definition) is 1. The van der Waals surface area contributed by atoms with Gasteiger partial charge in [-0.2, -0.15) is 0 Å². The molecule has 0 aromatic heterocycles. The summed E-state index contributed by atoms with van der Waals surface area (Å²) in [5, 5.41) is 3.55. The summed E-state index contributed by atoms with van der Waals surface area (Å²) in [6.07, 6.45) is 14.6. The highest BCUT2D eigenvalue weighted by Gasteiger charge is 2.22. The number of hydrogen-bond donors (Lipinski definition) is 1. The van der Waals surface area contributed by atoms with Crippen molar-refractivity contribution in [3.63, 3.8) is 0 Å². The van der Waals surface area contributed by atoms with E-state index in [1.54, 1.807) is 0 Å². The smallest absolute Gasteiger partial charge is 0.0117 e. The largest absolute Gasteiger partial charge is 0.316 e. The Hall–Kier alpha value is -0.480. The van der Waals surface area contributed by atoms with Crippen LogP contribution in [-0.2, 0) is 0 Å². The normalized spacial score (nSPS) is 26.9. The molecular weight excluding hydrogens is 182 g/mol. The molecule has 1 heteroatoms. The molecule has 0 bridgehead atoms. The molecule has 0 aromatic rings. The van der Waals surface area contributed by atoms with Gasteiger partial charge in [0.15, 0.2) is 0 Å². The Bertz CT molecular complexity index is 192. The molecule has 1 N–H and O–H groups in total. The van der Waals surface area contributed by atoms with Crippen molar-refractivity contribution >= 4 is 0 Å². The minimum Gasteiger partial charge on any atom is -0.316 e. The third-order valence-corrected chi connectivity index (χ3v) is 3.53. The molecule has 0 radical (unpaired) electrons. The van der Waals surface area contributed by atoms with Gasteiger partial charge in [0.25, 0.3) is 0 Å². The van der Waals surface area contributed by atoms with Crippen LogP contribution >= 0.6 is 0 Å². The van der Waals surface area contributed by atoms with E-state index in [1.165, 1.54) is 45.1 Å². The molecule has 1 fully saturated rings. The lowest BCUT2D eigenvalue weighted by molar-refractivity contribution is 0.305. The Morgan fingerprint density at radius 3 is 2.60 bits per heavy atom. The maximum atomic E-state index is 5.46. The average molecular weight is 207 g/mol. The number of rotatable bonds is 5. The summed E-state index contributed by atoms with van der Waals surface area (Å²) in [5.74, 6) is 4.47. The van der Waals surface area contributed by atoms with Crippen LogP contribution in [0.4, 0.5) is 0 Å². The van der Waals surface area contributed by atoms with Crippen LogP contribution in [0.2, 0.25) is 0 Å². The van der Waals surface area contributed by atoms with Crippen molar-refractivity contribution in [1.29, 1.82) is 0 Å². The number of nitrogens with one attached hydrogen (secondary N) is 1. The van der Waals surface area contributed by atoms with Crippen molar-refractivity contribution in [2.75, 3.05) is 13.1 Å². The Morgan fingerprint density at radius 2 is 1.93 bits per heavy atom. The molecule has 1 aliphatic rings. The van der Waals surface area contributed by atoms with E-state index in [9.17, 15) is 0 Å². The fourth-order valence-electron chi connectivity index (χ4n) is 2.61. The zero-order valence-electron chi connectivity index (χ0n) is 10.1. The molecule has 0 saturated heterocycles. The molecule has 0 aliphatic heterocycles. The molecule has 15 heavy (non-hydrogen) atoms. The summed E-state index contributed by atoms with van der Waals surface area (Å²) < 4.78 is 0. The maximum absolute atomic E-state index is 5.46. The van der Waals surface area contributed by atoms with Gasteiger partial charge in [-0.3, -0.25) is 0 Å². The molecule has 0 heterocycles. The minimum absolute atomic E-state index is 0.779. The van der Waals surface area contributed by atoms with Gasteiger partial charge in [0.05, 0.1) is 0 Å². The quantitative estimate of drug-likeness (QED) is 0.415. The van der Waals surface area contributed by atoms with E-state index in [0.29, 0.717) is 0 Å². The highest BCUT2D eigenvalue weighted by molar-refractivity contribution is 4.90. The predicted molar refractivity (Wildman–Crippen MR) is 66.7 cm³/mol. The summed E-state index contributed by atoms with van der Waals surface area (Å²) in [4.78, 5) is 0. The number of terminal acetylenes is 1. The first-order chi connectivity index (χ1) is 7.38. The molecule has 1 aliphatic carbocycles. The predicted octanol–water partition coefficient (Wildman–Crippen LogP) is 3.21. The second kappa shape index (κ2) is 7.77. The molecule has 0 aromatic carbocycles. The highest BCUT2D eigenvalue weighted by Crippen LogP contribution is 2.30. The lowest BCUT2D eigenvalue weighted by atomic mass is 9.85. The molecule has 1 nitrogen and oxygen atoms in total. The van der Waals surface area contributed by atoms with Gasteiger partial charge in [0, 0.05) is 6.42 Å². The summed E-state index contributed by atoms with van der Waals surface area (Å²) in [5.41, 5.74) is 0. The molecule has 0 spiro atoms. The third kappa shape index (κ3) is 4.71. The van der Waals surface area contributed by atoms with Gasteiger partial charge in [0.2, 0.25) is 0 Å². The van der Waals surface area contributed by atoms with Crippen LogP contribution in [0.1, 0.15) is 51.9 Å². The van der Waals surface area contributed by atoms with E-state index < -0.39 is 0 Å². The van der Waals surface area contributed by atoms with Crippen molar-refractivity contribution in [3.8, 4) is 12.3 Å². The summed E-state index contributed by atoms with van der Waals surface area (Å²) in [7, 11) is 0. The molecule has 1 saturated carbocycles. The second-order valence-corrected chi connectivity index (χ2v) is 4.77. The topological polar surface area (TPSA) is 12.0 Å². The van der Waals surface area contributed by atoms with Crippen LogP contribution in [0.3, 0.4) is 0 Å². The molecular formula is C14H25N. The summed E-state index contributed by atoms with van der Waals surface area (Å²) in [6.45, 7) is 4.55. The Morgan fingerprint density at radius 1 is 1.20 bits per heavy atom. The van der Waals surface area contributed by atoms with Crippen molar-refractivity contribution in [2.45, 2.75) is 51.9 Å². The molecule has 2 atom stereocenters. The average Bonchev–Trinajstić information content (AvgIpc) is 2.45. The van der Waals surface area contributed by atoms with E-state index in [0.717, 1.165) is 24.8 Å². The van der Waals surface area contributed by atoms with E-state index in [2.05, 4.69) is 18.2 Å². The Labute approximate surface area is 95.0 Å². The van der Waals surface area contributed by atoms with E-state index in [-0.39, 0.29) is 0 Å². The SMILES string of the molecule is C#CCC1CCCCCC1CNCCC. The summed E-state index contributed by atoms with van der Waals surface area (Å²) in [6, 6.07) is 0. The first kappa shape index (κ1) is 12.6. The van der Waals surface area contributed by atoms with E-state index in [4.69, 9.17) is 6.42 Å². The van der Waals surface area contributed by atoms with Gasteiger partial charge in [-0.15, -0.1) is 12.3 Å². The third-order valence-electron chi connectivity index (χ3n) is 3.53. The summed E-state index contributed by atoms with van der Waals surface area (Å²) >= 11 is 0. The monoisotopic (exact) mass is 207 g/mol. The van der Waals surface area contributed by atoms with Gasteiger partial charge < -0.3 is 5.32 Å². The molecule has 86 valence electrons. The van der Waals surface area contributed by atoms with E-state index >= 15 is 0 Å². The maximum Gasteiger partial charge on any atom is 0.0117 e. The van der Waals surface area contributed by atoms with Crippen molar-refractivity contribution < 1.29 is 0 Å². The van der Waals surface area contributed by atoms with Crippen molar-refractivity contribution in [3.05, 3.63) is 0 Å². The molecule has 1 rings (SSSR count). The van der Waals surface area contributed by atoms with Crippen LogP contribution < -0.4 is 5.32 Å². The molecule has 0 amide bonds. The standard InChI is InChI=1S/C14H25N/c1-3-8-13-9-6-5-7-10-14(13)12-15-11-4-2/h1,13-15H,4-12H2,2H3. The fourth-order valence-corrected chi connectivity index (χ4v) is 2.61. The van der Waals surface area contributed by atoms with Gasteiger partial charge in [0.1, 0.15) is 0 Å². The first-order valence-corrected chi connectivity index (χ1v) is 6.52. The van der Waals surface area contributed by atoms with Crippen molar-refractivity contribution in [2.24, 2.45) is 11.8 Å². The van der Waals surface area contributed by atoms with Crippen LogP contribution in [0.15, 0.2) is 0 Å². The van der Waals surface area contributed by atoms with Crippen LogP contribution in [0.5, 0.6) is 0 Å². The van der Waals surface area contributed by atoms with Gasteiger partial charge in [-0.05, 0) is 44.2 Å². The van der Waals surface area contributed by atoms with Gasteiger partial charge in [-0.1, -0.05) is 26.2 Å². The van der Waals surface area contributed by atoms with Crippen LogP contribution in [0, 0.1) is 24.2 Å². The molecule has 2 unspecified atom stereocenters.